The van der Waals surface area contributed by atoms with Crippen LogP contribution in [-0.4, -0.2) is 37.5 Å². The second kappa shape index (κ2) is 7.10. The van der Waals surface area contributed by atoms with Crippen molar-refractivity contribution in [1.82, 2.24) is 25.1 Å². The van der Waals surface area contributed by atoms with Crippen LogP contribution in [0.2, 0.25) is 0 Å². The number of ketones is 1. The van der Waals surface area contributed by atoms with Crippen molar-refractivity contribution >= 4 is 28.0 Å². The molecule has 1 amide bonds. The lowest BCUT2D eigenvalue weighted by Gasteiger charge is -2.57. The SMILES string of the molecule is CC(=O)c1ccc2c(C(=O)N[C@H]3CC4(C3)C[C@H](c3n[nH]c(=O)c5ccccc53)C4)cnn2c1. The van der Waals surface area contributed by atoms with Crippen molar-refractivity contribution in [2.24, 2.45) is 5.41 Å². The van der Waals surface area contributed by atoms with Crippen LogP contribution in [0.5, 0.6) is 0 Å². The van der Waals surface area contributed by atoms with E-state index in [1.165, 1.54) is 6.92 Å². The Kier molecular flexibility index (Phi) is 4.27. The van der Waals surface area contributed by atoms with Crippen LogP contribution in [0.1, 0.15) is 64.9 Å². The van der Waals surface area contributed by atoms with E-state index in [1.54, 1.807) is 29.0 Å². The van der Waals surface area contributed by atoms with E-state index >= 15 is 0 Å². The Morgan fingerprint density at radius 2 is 1.85 bits per heavy atom. The Bertz CT molecular complexity index is 1490. The average molecular weight is 441 g/mol. The van der Waals surface area contributed by atoms with Crippen LogP contribution < -0.4 is 10.9 Å². The maximum absolute atomic E-state index is 12.8. The van der Waals surface area contributed by atoms with Crippen molar-refractivity contribution in [2.45, 2.75) is 44.6 Å². The van der Waals surface area contributed by atoms with Crippen LogP contribution >= 0.6 is 0 Å². The third kappa shape index (κ3) is 3.16. The molecular formula is C25H23N5O3. The molecule has 2 fully saturated rings. The molecule has 33 heavy (non-hydrogen) atoms. The van der Waals surface area contributed by atoms with E-state index in [-0.39, 0.29) is 28.7 Å². The Morgan fingerprint density at radius 1 is 1.09 bits per heavy atom. The molecule has 1 aromatic carbocycles. The zero-order chi connectivity index (χ0) is 22.7. The summed E-state index contributed by atoms with van der Waals surface area (Å²) in [5.41, 5.74) is 2.83. The number of nitrogens with zero attached hydrogens (tertiary/aromatic N) is 3. The van der Waals surface area contributed by atoms with Crippen molar-refractivity contribution in [2.75, 3.05) is 0 Å². The van der Waals surface area contributed by atoms with Crippen LogP contribution in [0.15, 0.2) is 53.6 Å². The number of pyridine rings is 1. The molecular weight excluding hydrogens is 418 g/mol. The Labute approximate surface area is 189 Å². The molecule has 166 valence electrons. The topological polar surface area (TPSA) is 109 Å². The summed E-state index contributed by atoms with van der Waals surface area (Å²) in [5, 5.41) is 16.0. The van der Waals surface area contributed by atoms with Gasteiger partial charge in [0.25, 0.3) is 11.5 Å². The van der Waals surface area contributed by atoms with E-state index in [4.69, 9.17) is 0 Å². The first-order valence-corrected chi connectivity index (χ1v) is 11.2. The van der Waals surface area contributed by atoms with Gasteiger partial charge in [0.15, 0.2) is 5.78 Å². The number of Topliss-reactive ketones (excluding diaryl/α,β-unsaturated/α-hetero) is 1. The minimum Gasteiger partial charge on any atom is -0.349 e. The van der Waals surface area contributed by atoms with E-state index in [1.807, 2.05) is 24.3 Å². The van der Waals surface area contributed by atoms with Gasteiger partial charge in [-0.2, -0.15) is 10.2 Å². The highest BCUT2D eigenvalue weighted by atomic mass is 16.2. The fraction of sp³-hybridized carbons (Fsp3) is 0.320. The van der Waals surface area contributed by atoms with Crippen LogP contribution in [-0.2, 0) is 0 Å². The van der Waals surface area contributed by atoms with Gasteiger partial charge in [-0.1, -0.05) is 18.2 Å². The summed E-state index contributed by atoms with van der Waals surface area (Å²) in [5.74, 6) is 0.158. The quantitative estimate of drug-likeness (QED) is 0.473. The molecule has 0 bridgehead atoms. The van der Waals surface area contributed by atoms with E-state index in [0.717, 1.165) is 36.8 Å². The number of rotatable bonds is 4. The molecule has 2 saturated carbocycles. The Balaban J connectivity index is 1.11. The zero-order valence-corrected chi connectivity index (χ0v) is 18.2. The smallest absolute Gasteiger partial charge is 0.272 e. The molecule has 0 saturated heterocycles. The van der Waals surface area contributed by atoms with Gasteiger partial charge in [-0.05, 0) is 56.2 Å². The fourth-order valence-electron chi connectivity index (χ4n) is 5.68. The van der Waals surface area contributed by atoms with Crippen LogP contribution in [0, 0.1) is 5.41 Å². The number of amides is 1. The molecule has 4 aromatic rings. The second-order valence-corrected chi connectivity index (χ2v) is 9.53. The third-order valence-corrected chi connectivity index (χ3v) is 7.33. The lowest BCUT2D eigenvalue weighted by Crippen LogP contribution is -2.55. The lowest BCUT2D eigenvalue weighted by molar-refractivity contribution is -0.0196. The number of carbonyl (C=O) groups excluding carboxylic acids is 2. The van der Waals surface area contributed by atoms with Crippen LogP contribution in [0.25, 0.3) is 16.3 Å². The molecule has 2 aliphatic carbocycles. The first kappa shape index (κ1) is 19.8. The summed E-state index contributed by atoms with van der Waals surface area (Å²) >= 11 is 0. The highest BCUT2D eigenvalue weighted by Crippen LogP contribution is 2.62. The molecule has 3 heterocycles. The number of H-pyrrole nitrogens is 1. The Morgan fingerprint density at radius 3 is 2.61 bits per heavy atom. The van der Waals surface area contributed by atoms with Gasteiger partial charge in [0.2, 0.25) is 0 Å². The molecule has 8 heteroatoms. The number of fused-ring (bicyclic) bond motifs is 2. The van der Waals surface area contributed by atoms with Gasteiger partial charge in [0.1, 0.15) is 0 Å². The van der Waals surface area contributed by atoms with Crippen molar-refractivity contribution in [3.8, 4) is 0 Å². The van der Waals surface area contributed by atoms with E-state index in [2.05, 4.69) is 20.6 Å². The van der Waals surface area contributed by atoms with E-state index < -0.39 is 0 Å². The summed E-state index contributed by atoms with van der Waals surface area (Å²) in [4.78, 5) is 36.5. The number of hydrogen-bond acceptors (Lipinski definition) is 5. The molecule has 8 nitrogen and oxygen atoms in total. The van der Waals surface area contributed by atoms with Crippen LogP contribution in [0.4, 0.5) is 0 Å². The number of aromatic nitrogens is 4. The zero-order valence-electron chi connectivity index (χ0n) is 18.2. The standard InChI is InChI=1S/C25H23N5O3/c1-14(31)15-6-7-21-20(12-26-30(21)13-15)23(32)27-17-10-25(11-17)8-16(9-25)22-18-4-2-3-5-19(18)24(33)29-28-22/h2-7,12-13,16-17H,8-11H2,1H3,(H,27,32)(H,29,33)/t16-,17-,25?. The molecule has 3 aromatic heterocycles. The number of benzene rings is 1. The van der Waals surface area contributed by atoms with Crippen molar-refractivity contribution in [1.29, 1.82) is 0 Å². The lowest BCUT2D eigenvalue weighted by atomic mass is 9.49. The largest absolute Gasteiger partial charge is 0.349 e. The molecule has 1 spiro atoms. The normalized spacial score (nSPS) is 23.9. The van der Waals surface area contributed by atoms with E-state index in [0.29, 0.717) is 27.9 Å². The number of aromatic amines is 1. The fourth-order valence-corrected chi connectivity index (χ4v) is 5.68. The molecule has 0 atom stereocenters. The van der Waals surface area contributed by atoms with Gasteiger partial charge >= 0.3 is 0 Å². The number of nitrogens with one attached hydrogen (secondary N) is 2. The molecule has 6 rings (SSSR count). The number of hydrogen-bond donors (Lipinski definition) is 2. The summed E-state index contributed by atoms with van der Waals surface area (Å²) in [6, 6.07) is 11.2. The van der Waals surface area contributed by atoms with Gasteiger partial charge in [-0.25, -0.2) is 9.61 Å². The van der Waals surface area contributed by atoms with Crippen molar-refractivity contribution in [3.63, 3.8) is 0 Å². The molecule has 0 radical (unpaired) electrons. The van der Waals surface area contributed by atoms with Gasteiger partial charge < -0.3 is 5.32 Å². The van der Waals surface area contributed by atoms with Gasteiger partial charge in [-0.15, -0.1) is 0 Å². The highest BCUT2D eigenvalue weighted by molar-refractivity contribution is 6.01. The summed E-state index contributed by atoms with van der Waals surface area (Å²) in [6.45, 7) is 1.51. The summed E-state index contributed by atoms with van der Waals surface area (Å²) in [6.07, 6.45) is 7.14. The summed E-state index contributed by atoms with van der Waals surface area (Å²) < 4.78 is 1.58. The molecule has 0 unspecified atom stereocenters. The van der Waals surface area contributed by atoms with Gasteiger partial charge in [0, 0.05) is 29.1 Å². The van der Waals surface area contributed by atoms with Crippen molar-refractivity contribution in [3.05, 3.63) is 76.0 Å². The first-order valence-electron chi connectivity index (χ1n) is 11.2. The third-order valence-electron chi connectivity index (χ3n) is 7.33. The van der Waals surface area contributed by atoms with Crippen LogP contribution in [0.3, 0.4) is 0 Å². The molecule has 2 N–H and O–H groups in total. The first-order chi connectivity index (χ1) is 15.9. The van der Waals surface area contributed by atoms with Gasteiger partial charge in [-0.3, -0.25) is 14.4 Å². The van der Waals surface area contributed by atoms with E-state index in [9.17, 15) is 14.4 Å². The predicted octanol–water partition coefficient (Wildman–Crippen LogP) is 3.23. The van der Waals surface area contributed by atoms with Gasteiger partial charge in [0.05, 0.1) is 28.4 Å². The Hall–Kier alpha value is -3.81. The summed E-state index contributed by atoms with van der Waals surface area (Å²) in [7, 11) is 0. The minimum absolute atomic E-state index is 0.0398. The maximum atomic E-state index is 12.8. The highest BCUT2D eigenvalue weighted by Gasteiger charge is 2.54. The minimum atomic E-state index is -0.153. The van der Waals surface area contributed by atoms with Crippen molar-refractivity contribution < 1.29 is 9.59 Å². The molecule has 2 aliphatic rings. The second-order valence-electron chi connectivity index (χ2n) is 9.53. The monoisotopic (exact) mass is 441 g/mol. The average Bonchev–Trinajstić information content (AvgIpc) is 3.19. The number of carbonyl (C=O) groups is 2. The maximum Gasteiger partial charge on any atom is 0.272 e. The molecule has 0 aliphatic heterocycles. The predicted molar refractivity (Wildman–Crippen MR) is 122 cm³/mol.